The summed E-state index contributed by atoms with van der Waals surface area (Å²) < 4.78 is 5.21. The van der Waals surface area contributed by atoms with Crippen LogP contribution in [0.2, 0.25) is 0 Å². The van der Waals surface area contributed by atoms with E-state index in [-0.39, 0.29) is 34.9 Å². The van der Waals surface area contributed by atoms with E-state index in [0.717, 1.165) is 6.08 Å². The van der Waals surface area contributed by atoms with Gasteiger partial charge in [-0.1, -0.05) is 12.1 Å². The average molecular weight is 330 g/mol. The Kier molecular flexibility index (Phi) is 5.20. The molecule has 0 spiro atoms. The summed E-state index contributed by atoms with van der Waals surface area (Å²) in [5, 5.41) is 22.6. The van der Waals surface area contributed by atoms with Crippen molar-refractivity contribution in [1.29, 1.82) is 0 Å². The van der Waals surface area contributed by atoms with E-state index < -0.39 is 15.8 Å². The first kappa shape index (κ1) is 17.1. The van der Waals surface area contributed by atoms with Gasteiger partial charge in [0.1, 0.15) is 17.5 Å². The number of nitro benzene ring substituents is 1. The Hall–Kier alpha value is -3.29. The molecule has 0 aliphatic rings. The van der Waals surface area contributed by atoms with E-state index in [2.05, 4.69) is 0 Å². The van der Waals surface area contributed by atoms with E-state index in [1.54, 1.807) is 12.1 Å². The Balaban J connectivity index is 2.57. The summed E-state index contributed by atoms with van der Waals surface area (Å²) in [5.74, 6) is -0.925. The first-order chi connectivity index (χ1) is 11.4. The topological polar surface area (TPSA) is 116 Å². The summed E-state index contributed by atoms with van der Waals surface area (Å²) >= 11 is 0. The fourth-order valence-electron chi connectivity index (χ4n) is 2.34. The largest absolute Gasteiger partial charge is 0.468 e. The summed E-state index contributed by atoms with van der Waals surface area (Å²) in [4.78, 5) is 32.8. The minimum Gasteiger partial charge on any atom is -0.468 e. The quantitative estimate of drug-likeness (QED) is 0.566. The molecule has 0 radical (unpaired) electrons. The molecule has 1 unspecified atom stereocenters. The van der Waals surface area contributed by atoms with Crippen LogP contribution in [0.3, 0.4) is 0 Å². The molecule has 0 fully saturated rings. The van der Waals surface area contributed by atoms with Crippen molar-refractivity contribution in [3.63, 3.8) is 0 Å². The van der Waals surface area contributed by atoms with Gasteiger partial charge in [-0.3, -0.25) is 25.0 Å². The number of carbonyl (C=O) groups excluding carboxylic acids is 1. The number of benzene rings is 1. The molecule has 124 valence electrons. The molecule has 0 aliphatic carbocycles. The zero-order chi connectivity index (χ0) is 17.7. The molecular formula is C16H14N2O6. The Labute approximate surface area is 136 Å². The molecule has 1 aromatic heterocycles. The van der Waals surface area contributed by atoms with Crippen molar-refractivity contribution in [2.75, 3.05) is 0 Å². The van der Waals surface area contributed by atoms with Gasteiger partial charge >= 0.3 is 0 Å². The lowest BCUT2D eigenvalue weighted by atomic mass is 9.94. The zero-order valence-electron chi connectivity index (χ0n) is 12.7. The van der Waals surface area contributed by atoms with Crippen LogP contribution in [-0.4, -0.2) is 15.6 Å². The van der Waals surface area contributed by atoms with E-state index in [1.165, 1.54) is 37.5 Å². The number of allylic oxidation sites excluding steroid dienone is 1. The first-order valence-corrected chi connectivity index (χ1v) is 7.02. The van der Waals surface area contributed by atoms with Crippen molar-refractivity contribution in [2.45, 2.75) is 19.3 Å². The van der Waals surface area contributed by atoms with Crippen molar-refractivity contribution >= 4 is 17.5 Å². The Morgan fingerprint density at radius 2 is 1.92 bits per heavy atom. The van der Waals surface area contributed by atoms with Gasteiger partial charge in [-0.25, -0.2) is 0 Å². The fraction of sp³-hybridized carbons (Fsp3) is 0.188. The molecule has 0 aliphatic heterocycles. The van der Waals surface area contributed by atoms with Gasteiger partial charge in [0.2, 0.25) is 0 Å². The van der Waals surface area contributed by atoms with Crippen LogP contribution in [0.25, 0.3) is 6.08 Å². The number of hydrogen-bond donors (Lipinski definition) is 0. The number of rotatable bonds is 7. The highest BCUT2D eigenvalue weighted by Crippen LogP contribution is 2.32. The van der Waals surface area contributed by atoms with E-state index in [0.29, 0.717) is 0 Å². The number of carbonyl (C=O) groups is 1. The Morgan fingerprint density at radius 3 is 2.46 bits per heavy atom. The Bertz CT molecular complexity index is 795. The van der Waals surface area contributed by atoms with Crippen molar-refractivity contribution in [3.8, 4) is 0 Å². The van der Waals surface area contributed by atoms with Crippen LogP contribution in [0.1, 0.15) is 30.6 Å². The lowest BCUT2D eigenvalue weighted by Gasteiger charge is -2.10. The summed E-state index contributed by atoms with van der Waals surface area (Å²) in [6, 6.07) is 8.78. The van der Waals surface area contributed by atoms with Crippen molar-refractivity contribution in [2.24, 2.45) is 0 Å². The monoisotopic (exact) mass is 330 g/mol. The predicted molar refractivity (Wildman–Crippen MR) is 84.8 cm³/mol. The maximum absolute atomic E-state index is 11.5. The molecule has 1 atom stereocenters. The number of para-hydroxylation sites is 1. The molecule has 2 aromatic rings. The second kappa shape index (κ2) is 7.32. The van der Waals surface area contributed by atoms with Gasteiger partial charge in [0.25, 0.3) is 11.4 Å². The third kappa shape index (κ3) is 3.92. The molecule has 0 N–H and O–H groups in total. The van der Waals surface area contributed by atoms with Gasteiger partial charge in [0, 0.05) is 18.6 Å². The van der Waals surface area contributed by atoms with Crippen LogP contribution in [0.4, 0.5) is 5.69 Å². The van der Waals surface area contributed by atoms with Crippen LogP contribution in [0, 0.1) is 20.2 Å². The lowest BCUT2D eigenvalue weighted by molar-refractivity contribution is -0.429. The number of nitro groups is 2. The standard InChI is InChI=1S/C16H14N2O6/c1-11(19)9-13(16-7-4-8-24-16)15(18(22)23)10-12-5-2-3-6-14(12)17(20)21/h2-8,10,13H,9H2,1H3. The molecule has 0 bridgehead atoms. The van der Waals surface area contributed by atoms with Crippen molar-refractivity contribution < 1.29 is 19.1 Å². The second-order valence-corrected chi connectivity index (χ2v) is 5.12. The van der Waals surface area contributed by atoms with E-state index in [4.69, 9.17) is 4.42 Å². The molecule has 1 aromatic carbocycles. The van der Waals surface area contributed by atoms with E-state index in [1.807, 2.05) is 0 Å². The number of ketones is 1. The van der Waals surface area contributed by atoms with E-state index >= 15 is 0 Å². The number of nitrogens with zero attached hydrogens (tertiary/aromatic N) is 2. The van der Waals surface area contributed by atoms with Crippen molar-refractivity contribution in [3.05, 3.63) is 79.9 Å². The number of hydrogen-bond acceptors (Lipinski definition) is 6. The smallest absolute Gasteiger partial charge is 0.276 e. The maximum Gasteiger partial charge on any atom is 0.276 e. The number of furan rings is 1. The minimum absolute atomic E-state index is 0.0920. The molecule has 0 saturated heterocycles. The molecule has 2 rings (SSSR count). The van der Waals surface area contributed by atoms with Gasteiger partial charge in [0.05, 0.1) is 21.7 Å². The maximum atomic E-state index is 11.5. The van der Waals surface area contributed by atoms with Crippen LogP contribution in [-0.2, 0) is 4.79 Å². The summed E-state index contributed by atoms with van der Waals surface area (Å²) in [6.07, 6.45) is 2.33. The molecule has 0 amide bonds. The van der Waals surface area contributed by atoms with E-state index in [9.17, 15) is 25.0 Å². The molecular weight excluding hydrogens is 316 g/mol. The highest BCUT2D eigenvalue weighted by molar-refractivity contribution is 5.77. The van der Waals surface area contributed by atoms with Crippen molar-refractivity contribution in [1.82, 2.24) is 0 Å². The number of Topliss-reactive ketones (excluding diaryl/α,β-unsaturated/α-hetero) is 1. The van der Waals surface area contributed by atoms with Crippen LogP contribution in [0.5, 0.6) is 0 Å². The highest BCUT2D eigenvalue weighted by atomic mass is 16.6. The van der Waals surface area contributed by atoms with Gasteiger partial charge in [-0.05, 0) is 25.1 Å². The normalized spacial score (nSPS) is 12.6. The SMILES string of the molecule is CC(=O)CC(C(=Cc1ccccc1[N+](=O)[O-])[N+](=O)[O-])c1ccco1. The molecule has 0 saturated carbocycles. The molecule has 8 heteroatoms. The third-order valence-electron chi connectivity index (χ3n) is 3.38. The third-order valence-corrected chi connectivity index (χ3v) is 3.38. The summed E-state index contributed by atoms with van der Waals surface area (Å²) in [6.45, 7) is 1.32. The lowest BCUT2D eigenvalue weighted by Crippen LogP contribution is -2.13. The first-order valence-electron chi connectivity index (χ1n) is 7.02. The highest BCUT2D eigenvalue weighted by Gasteiger charge is 2.31. The van der Waals surface area contributed by atoms with Crippen LogP contribution < -0.4 is 0 Å². The summed E-state index contributed by atoms with van der Waals surface area (Å²) in [5.41, 5.74) is -0.498. The van der Waals surface area contributed by atoms with Gasteiger partial charge in [0.15, 0.2) is 0 Å². The zero-order valence-corrected chi connectivity index (χ0v) is 12.7. The fourth-order valence-corrected chi connectivity index (χ4v) is 2.34. The van der Waals surface area contributed by atoms with Gasteiger partial charge < -0.3 is 4.42 Å². The minimum atomic E-state index is -0.924. The van der Waals surface area contributed by atoms with Crippen LogP contribution >= 0.6 is 0 Å². The molecule has 24 heavy (non-hydrogen) atoms. The summed E-state index contributed by atoms with van der Waals surface area (Å²) in [7, 11) is 0. The predicted octanol–water partition coefficient (Wildman–Crippen LogP) is 3.57. The van der Waals surface area contributed by atoms with Crippen LogP contribution in [0.15, 0.2) is 52.8 Å². The average Bonchev–Trinajstić information content (AvgIpc) is 3.04. The van der Waals surface area contributed by atoms with Gasteiger partial charge in [-0.2, -0.15) is 0 Å². The van der Waals surface area contributed by atoms with Gasteiger partial charge in [-0.15, -0.1) is 0 Å². The Morgan fingerprint density at radius 1 is 1.21 bits per heavy atom. The molecule has 8 nitrogen and oxygen atoms in total. The second-order valence-electron chi connectivity index (χ2n) is 5.12. The molecule has 1 heterocycles.